The zero-order valence-electron chi connectivity index (χ0n) is 58.8. The van der Waals surface area contributed by atoms with Crippen molar-refractivity contribution in [1.29, 1.82) is 0 Å². The SMILES string of the molecule is C1=CCN=C1.CC(OC(=O)C(F)(F)F)(OC(=O)C(F)(F)F)c1ccccc1.NCc1ccc(-n2cc(CCc3ccccc3)cn2)cc1.O=C(NCc1ccc(-n2cc(C#Cc3ccccc3)cn2)cc1)C(F)(F)F.O=C(NCc1ccc(-n2cccn2)cc1)C(F)(F)F.O=C(NCc1ccc(I)cc1)C(F)(F)F.[CH3-].[Cl][Pd][Cl]. The number of allylic oxidation sites excluding steroid dienone is 1. The number of nitrogens with one attached hydrogen (secondary N) is 3. The van der Waals surface area contributed by atoms with Gasteiger partial charge >= 0.3 is 95.5 Å². The minimum atomic E-state index is -5.47. The van der Waals surface area contributed by atoms with Gasteiger partial charge in [-0.15, -0.1) is 0 Å². The number of aliphatic imine (C=N–C) groups is 1. The van der Waals surface area contributed by atoms with Crippen molar-refractivity contribution >= 4 is 77.5 Å². The van der Waals surface area contributed by atoms with Gasteiger partial charge in [-0.3, -0.25) is 19.4 Å². The first-order valence-electron chi connectivity index (χ1n) is 32.0. The summed E-state index contributed by atoms with van der Waals surface area (Å²) in [5.41, 5.74) is 15.0. The van der Waals surface area contributed by atoms with Crippen LogP contribution in [0.15, 0.2) is 248 Å². The first-order valence-corrected chi connectivity index (χ1v) is 37.1. The molecule has 0 unspecified atom stereocenters. The summed E-state index contributed by atoms with van der Waals surface area (Å²) in [5, 5.41) is 18.1. The molecule has 0 spiro atoms. The Morgan fingerprint density at radius 1 is 0.478 bits per heavy atom. The average Bonchev–Trinajstić information content (AvgIpc) is 1.22. The topological polar surface area (TPSA) is 232 Å². The number of aromatic nitrogens is 6. The maximum absolute atomic E-state index is 12.2. The Bertz CT molecular complexity index is 4630. The molecule has 18 nitrogen and oxygen atoms in total. The second-order valence-electron chi connectivity index (χ2n) is 22.5. The fourth-order valence-electron chi connectivity index (χ4n) is 8.60. The predicted octanol–water partition coefficient (Wildman–Crippen LogP) is 16.6. The third-order valence-electron chi connectivity index (χ3n) is 14.2. The second kappa shape index (κ2) is 46.4. The molecular formula is C76H66Cl2F15IN11O7Pd-. The summed E-state index contributed by atoms with van der Waals surface area (Å²) >= 11 is 1.98. The molecule has 1 aliphatic rings. The van der Waals surface area contributed by atoms with Gasteiger partial charge in [0.05, 0.1) is 41.6 Å². The quantitative estimate of drug-likeness (QED) is 0.0135. The van der Waals surface area contributed by atoms with E-state index in [1.54, 1.807) is 130 Å². The van der Waals surface area contributed by atoms with Crippen molar-refractivity contribution < 1.29 is 115 Å². The van der Waals surface area contributed by atoms with Crippen LogP contribution in [-0.4, -0.2) is 103 Å². The zero-order chi connectivity index (χ0) is 82.6. The third-order valence-corrected chi connectivity index (χ3v) is 14.9. The van der Waals surface area contributed by atoms with E-state index in [0.717, 1.165) is 68.8 Å². The number of benzene rings is 7. The molecule has 7 aromatic carbocycles. The van der Waals surface area contributed by atoms with E-state index in [0.29, 0.717) is 30.2 Å². The van der Waals surface area contributed by atoms with Gasteiger partial charge in [-0.25, -0.2) is 23.6 Å². The van der Waals surface area contributed by atoms with Crippen LogP contribution in [0.5, 0.6) is 0 Å². The van der Waals surface area contributed by atoms with Crippen molar-refractivity contribution in [3.05, 3.63) is 305 Å². The van der Waals surface area contributed by atoms with Gasteiger partial charge in [-0.1, -0.05) is 145 Å². The number of ether oxygens (including phenoxy) is 2. The fourth-order valence-corrected chi connectivity index (χ4v) is 8.96. The zero-order valence-corrected chi connectivity index (χ0v) is 64.0. The van der Waals surface area contributed by atoms with E-state index in [-0.39, 0.29) is 48.6 Å². The minimum absolute atomic E-state index is 0. The first kappa shape index (κ1) is 94.7. The number of carbonyl (C=O) groups excluding carboxylic acids is 5. The van der Waals surface area contributed by atoms with Crippen LogP contribution in [0.3, 0.4) is 0 Å². The van der Waals surface area contributed by atoms with Crippen LogP contribution in [0, 0.1) is 22.8 Å². The monoisotopic (exact) mass is 1830 g/mol. The number of nitrogens with zero attached hydrogens (tertiary/aromatic N) is 7. The molecule has 0 bridgehead atoms. The molecule has 10 aromatic rings. The van der Waals surface area contributed by atoms with E-state index >= 15 is 0 Å². The number of amides is 3. The Labute approximate surface area is 667 Å². The number of halogens is 18. The van der Waals surface area contributed by atoms with Gasteiger partial charge in [0, 0.05) is 78.8 Å². The average molecular weight is 1830 g/mol. The second-order valence-corrected chi connectivity index (χ2v) is 26.1. The Morgan fingerprint density at radius 2 is 0.867 bits per heavy atom. The molecule has 5 N–H and O–H groups in total. The summed E-state index contributed by atoms with van der Waals surface area (Å²) in [7, 11) is 9.63. The summed E-state index contributed by atoms with van der Waals surface area (Å²) < 4.78 is 195. The number of rotatable bonds is 16. The molecule has 0 fully saturated rings. The van der Waals surface area contributed by atoms with Gasteiger partial charge in [0.2, 0.25) is 0 Å². The Balaban J connectivity index is 0.000000292. The van der Waals surface area contributed by atoms with E-state index in [4.69, 9.17) is 24.8 Å². The van der Waals surface area contributed by atoms with Crippen molar-refractivity contribution in [2.45, 2.75) is 82.6 Å². The Hall–Kier alpha value is -10.6. The number of esters is 2. The van der Waals surface area contributed by atoms with E-state index in [2.05, 4.69) is 107 Å². The van der Waals surface area contributed by atoms with Crippen molar-refractivity contribution in [3.8, 4) is 28.9 Å². The molecule has 0 radical (unpaired) electrons. The number of hydrogen-bond acceptors (Lipinski definition) is 12. The molecule has 0 atom stereocenters. The van der Waals surface area contributed by atoms with E-state index in [1.807, 2.05) is 76.9 Å². The summed E-state index contributed by atoms with van der Waals surface area (Å²) in [6, 6.07) is 56.2. The van der Waals surface area contributed by atoms with E-state index in [1.165, 1.54) is 29.3 Å². The molecule has 113 heavy (non-hydrogen) atoms. The Kier molecular flexibility index (Phi) is 38.9. The molecule has 3 aromatic heterocycles. The summed E-state index contributed by atoms with van der Waals surface area (Å²) in [5.74, 6) is -8.24. The van der Waals surface area contributed by atoms with Crippen molar-refractivity contribution in [3.63, 3.8) is 0 Å². The standard InChI is InChI=1S/C20H14F3N3O.C18H19N3.C12H8F6O4.C12H10F3N3O.C9H7F3INO.C4H5N.CH3.2ClH.Pd/c21-20(22,23)19(27)24-12-16-8-10-18(11-9-16)26-14-17(13-25-26)7-6-15-4-2-1-3-5-15;19-12-16-8-10-18(11-9-16)21-14-17(13-20-21)7-6-15-4-2-1-3-5-15;1-10(7-5-3-2-4-6-7,21-8(19)11(13,14)15)22-9(20)12(16,17)18;13-12(14,15)11(19)16-8-9-2-4-10(5-3-9)18-7-1-6-17-18;10-9(11,12)8(15)14-5-6-1-3-7(13)4-2-6;1-2-4-5-3-1;;;;/h1-5,8-11,13-14H,12H2,(H,24,27);1-5,8-11,13-14H,6-7,12,19H2;2-6H,1H3;1-7H,8H2,(H,16,19);1-4H,5H2,(H,14,15);1-3H,4H2;1H3;2*1H;/q;;;;;;-1;;;+2/p-2. The molecule has 1 aliphatic heterocycles. The van der Waals surface area contributed by atoms with Crippen LogP contribution in [0.4, 0.5) is 65.9 Å². The summed E-state index contributed by atoms with van der Waals surface area (Å²) in [6.07, 6.45) is -6.88. The summed E-state index contributed by atoms with van der Waals surface area (Å²) in [4.78, 5) is 57.5. The number of carbonyl (C=O) groups is 5. The van der Waals surface area contributed by atoms with Gasteiger partial charge in [-0.05, 0) is 142 Å². The van der Waals surface area contributed by atoms with Crippen molar-refractivity contribution in [2.24, 2.45) is 10.7 Å². The molecule has 4 heterocycles. The van der Waals surface area contributed by atoms with E-state index < -0.39 is 66.3 Å². The van der Waals surface area contributed by atoms with Crippen molar-refractivity contribution in [2.75, 3.05) is 6.54 Å². The molecular weight excluding hydrogens is 1770 g/mol. The molecule has 0 saturated carbocycles. The van der Waals surface area contributed by atoms with Crippen LogP contribution in [0.25, 0.3) is 17.1 Å². The van der Waals surface area contributed by atoms with Gasteiger partial charge < -0.3 is 38.6 Å². The summed E-state index contributed by atoms with van der Waals surface area (Å²) in [6.45, 7) is 1.57. The van der Waals surface area contributed by atoms with Crippen LogP contribution in [0.2, 0.25) is 0 Å². The maximum atomic E-state index is 12.2. The predicted molar refractivity (Wildman–Crippen MR) is 396 cm³/mol. The fraction of sp³-hybridized carbons (Fsp3) is 0.184. The van der Waals surface area contributed by atoms with Gasteiger partial charge in [0.15, 0.2) is 0 Å². The van der Waals surface area contributed by atoms with Crippen LogP contribution >= 0.6 is 41.6 Å². The van der Waals surface area contributed by atoms with Crippen LogP contribution in [0.1, 0.15) is 57.0 Å². The van der Waals surface area contributed by atoms with E-state index in [9.17, 15) is 89.8 Å². The number of nitrogens with two attached hydrogens (primary N) is 1. The van der Waals surface area contributed by atoms with Crippen molar-refractivity contribution in [1.82, 2.24) is 45.3 Å². The molecule has 37 heteroatoms. The molecule has 3 amide bonds. The Morgan fingerprint density at radius 3 is 1.26 bits per heavy atom. The third kappa shape index (κ3) is 35.3. The number of hydrogen-bond donors (Lipinski definition) is 4. The molecule has 11 rings (SSSR count). The molecule has 604 valence electrons. The molecule has 0 aliphatic carbocycles. The van der Waals surface area contributed by atoms with Gasteiger partial charge in [0.25, 0.3) is 5.79 Å². The van der Waals surface area contributed by atoms with Crippen LogP contribution in [-0.2, 0) is 94.2 Å². The number of alkyl halides is 15. The normalized spacial score (nSPS) is 11.4. The number of aryl methyl sites for hydroxylation is 2. The van der Waals surface area contributed by atoms with Crippen LogP contribution < -0.4 is 21.7 Å². The molecule has 0 saturated heterocycles. The van der Waals surface area contributed by atoms with Gasteiger partial charge in [0.1, 0.15) is 0 Å². The first-order chi connectivity index (χ1) is 52.9. The van der Waals surface area contributed by atoms with Gasteiger partial charge in [-0.2, -0.15) is 81.2 Å².